The van der Waals surface area contributed by atoms with Gasteiger partial charge in [-0.1, -0.05) is 30.4 Å². The quantitative estimate of drug-likeness (QED) is 0.760. The Bertz CT molecular complexity index is 440. The zero-order valence-corrected chi connectivity index (χ0v) is 10.1. The van der Waals surface area contributed by atoms with Gasteiger partial charge < -0.3 is 10.2 Å². The molecular weight excluding hydrogens is 212 g/mol. The lowest BCUT2D eigenvalue weighted by Gasteiger charge is -2.29. The summed E-state index contributed by atoms with van der Waals surface area (Å²) in [6, 6.07) is 4.89. The normalized spacial score (nSPS) is 23.6. The Morgan fingerprint density at radius 1 is 1.29 bits per heavy atom. The maximum absolute atomic E-state index is 9.92. The van der Waals surface area contributed by atoms with Crippen LogP contribution in [0.25, 0.3) is 0 Å². The second kappa shape index (κ2) is 4.66. The van der Waals surface area contributed by atoms with Crippen molar-refractivity contribution in [3.8, 4) is 11.5 Å². The molecular formula is C15H18O2. The Hall–Kier alpha value is -1.70. The van der Waals surface area contributed by atoms with E-state index >= 15 is 0 Å². The third kappa shape index (κ3) is 2.21. The van der Waals surface area contributed by atoms with Crippen molar-refractivity contribution < 1.29 is 10.2 Å². The number of aromatic hydroxyl groups is 2. The predicted molar refractivity (Wildman–Crippen MR) is 69.2 cm³/mol. The summed E-state index contributed by atoms with van der Waals surface area (Å²) in [4.78, 5) is 0. The molecule has 1 aromatic rings. The van der Waals surface area contributed by atoms with Gasteiger partial charge in [-0.3, -0.25) is 0 Å². The first-order valence-electron chi connectivity index (χ1n) is 5.94. The number of hydrogen-bond donors (Lipinski definition) is 2. The molecule has 2 rings (SSSR count). The van der Waals surface area contributed by atoms with Crippen LogP contribution in [-0.2, 0) is 0 Å². The Kier molecular flexibility index (Phi) is 3.23. The molecule has 17 heavy (non-hydrogen) atoms. The first-order valence-corrected chi connectivity index (χ1v) is 5.94. The highest BCUT2D eigenvalue weighted by Gasteiger charge is 2.27. The summed E-state index contributed by atoms with van der Waals surface area (Å²) in [6.45, 7) is 6.02. The number of phenols is 2. The smallest absolute Gasteiger partial charge is 0.123 e. The van der Waals surface area contributed by atoms with E-state index in [2.05, 4.69) is 18.7 Å². The van der Waals surface area contributed by atoms with Crippen molar-refractivity contribution >= 4 is 0 Å². The van der Waals surface area contributed by atoms with Gasteiger partial charge in [0.05, 0.1) is 0 Å². The minimum Gasteiger partial charge on any atom is -0.508 e. The van der Waals surface area contributed by atoms with Crippen LogP contribution in [0.3, 0.4) is 0 Å². The molecule has 0 amide bonds. The van der Waals surface area contributed by atoms with E-state index in [-0.39, 0.29) is 17.4 Å². The molecule has 0 saturated carbocycles. The van der Waals surface area contributed by atoms with E-state index < -0.39 is 0 Å². The standard InChI is InChI=1S/C15H18O2/c1-10(2)11-6-3-4-7-12(11)15-13(16)8-5-9-14(15)17/h4-5,7-9,11-12,16-17H,1,3,6H2,2H3. The van der Waals surface area contributed by atoms with Gasteiger partial charge in [0.25, 0.3) is 0 Å². The lowest BCUT2D eigenvalue weighted by atomic mass is 9.76. The Labute approximate surface area is 102 Å². The van der Waals surface area contributed by atoms with Crippen molar-refractivity contribution in [2.24, 2.45) is 5.92 Å². The highest BCUT2D eigenvalue weighted by atomic mass is 16.3. The van der Waals surface area contributed by atoms with Crippen LogP contribution in [0.5, 0.6) is 11.5 Å². The molecule has 0 aliphatic heterocycles. The van der Waals surface area contributed by atoms with Crippen molar-refractivity contribution in [2.75, 3.05) is 0 Å². The van der Waals surface area contributed by atoms with Crippen LogP contribution >= 0.6 is 0 Å². The molecule has 0 aromatic heterocycles. The lowest BCUT2D eigenvalue weighted by Crippen LogP contribution is -2.15. The van der Waals surface area contributed by atoms with E-state index in [1.807, 2.05) is 6.92 Å². The fourth-order valence-electron chi connectivity index (χ4n) is 2.57. The maximum Gasteiger partial charge on any atom is 0.123 e. The van der Waals surface area contributed by atoms with Crippen LogP contribution < -0.4 is 0 Å². The minimum atomic E-state index is 0.0300. The third-order valence-electron chi connectivity index (χ3n) is 3.45. The van der Waals surface area contributed by atoms with E-state index in [1.54, 1.807) is 18.2 Å². The zero-order valence-electron chi connectivity index (χ0n) is 10.1. The fourth-order valence-corrected chi connectivity index (χ4v) is 2.57. The van der Waals surface area contributed by atoms with Crippen molar-refractivity contribution in [1.82, 2.24) is 0 Å². The molecule has 2 N–H and O–H groups in total. The first-order chi connectivity index (χ1) is 8.11. The summed E-state index contributed by atoms with van der Waals surface area (Å²) in [5.74, 6) is 0.641. The van der Waals surface area contributed by atoms with Crippen LogP contribution in [0.1, 0.15) is 31.2 Å². The second-order valence-corrected chi connectivity index (χ2v) is 4.69. The second-order valence-electron chi connectivity index (χ2n) is 4.69. The van der Waals surface area contributed by atoms with Gasteiger partial charge in [-0.2, -0.15) is 0 Å². The topological polar surface area (TPSA) is 40.5 Å². The number of hydrogen-bond acceptors (Lipinski definition) is 2. The minimum absolute atomic E-state index is 0.0300. The van der Waals surface area contributed by atoms with Gasteiger partial charge in [0, 0.05) is 11.5 Å². The Morgan fingerprint density at radius 2 is 1.94 bits per heavy atom. The molecule has 90 valence electrons. The SMILES string of the molecule is C=C(C)C1CCC=CC1c1c(O)cccc1O. The van der Waals surface area contributed by atoms with Crippen LogP contribution in [0.2, 0.25) is 0 Å². The van der Waals surface area contributed by atoms with Gasteiger partial charge in [-0.25, -0.2) is 0 Å². The number of rotatable bonds is 2. The van der Waals surface area contributed by atoms with E-state index in [9.17, 15) is 10.2 Å². The van der Waals surface area contributed by atoms with Crippen molar-refractivity contribution in [2.45, 2.75) is 25.7 Å². The predicted octanol–water partition coefficient (Wildman–Crippen LogP) is 3.72. The van der Waals surface area contributed by atoms with Crippen molar-refractivity contribution in [3.05, 3.63) is 48.1 Å². The molecule has 1 aliphatic rings. The zero-order chi connectivity index (χ0) is 12.4. The molecule has 2 unspecified atom stereocenters. The summed E-state index contributed by atoms with van der Waals surface area (Å²) in [5.41, 5.74) is 1.72. The Morgan fingerprint density at radius 3 is 2.53 bits per heavy atom. The molecule has 0 bridgehead atoms. The van der Waals surface area contributed by atoms with Gasteiger partial charge >= 0.3 is 0 Å². The van der Waals surface area contributed by atoms with E-state index in [4.69, 9.17) is 0 Å². The number of phenolic OH excluding ortho intramolecular Hbond substituents is 2. The van der Waals surface area contributed by atoms with Gasteiger partial charge in [-0.05, 0) is 37.8 Å². The van der Waals surface area contributed by atoms with E-state index in [1.165, 1.54) is 0 Å². The van der Waals surface area contributed by atoms with Gasteiger partial charge in [-0.15, -0.1) is 0 Å². The van der Waals surface area contributed by atoms with Gasteiger partial charge in [0.2, 0.25) is 0 Å². The lowest BCUT2D eigenvalue weighted by molar-refractivity contribution is 0.410. The average Bonchev–Trinajstić information content (AvgIpc) is 2.29. The van der Waals surface area contributed by atoms with Crippen molar-refractivity contribution in [1.29, 1.82) is 0 Å². The third-order valence-corrected chi connectivity index (χ3v) is 3.45. The van der Waals surface area contributed by atoms with E-state index in [0.717, 1.165) is 18.4 Å². The summed E-state index contributed by atoms with van der Waals surface area (Å²) in [7, 11) is 0. The molecule has 1 aliphatic carbocycles. The summed E-state index contributed by atoms with van der Waals surface area (Å²) < 4.78 is 0. The first kappa shape index (κ1) is 11.8. The molecule has 1 aromatic carbocycles. The average molecular weight is 230 g/mol. The highest BCUT2D eigenvalue weighted by Crippen LogP contribution is 2.44. The summed E-state index contributed by atoms with van der Waals surface area (Å²) in [6.07, 6.45) is 6.22. The van der Waals surface area contributed by atoms with Crippen LogP contribution in [0.15, 0.2) is 42.5 Å². The largest absolute Gasteiger partial charge is 0.508 e. The summed E-state index contributed by atoms with van der Waals surface area (Å²) >= 11 is 0. The van der Waals surface area contributed by atoms with Crippen LogP contribution in [0, 0.1) is 5.92 Å². The summed E-state index contributed by atoms with van der Waals surface area (Å²) in [5, 5.41) is 19.8. The van der Waals surface area contributed by atoms with Crippen LogP contribution in [-0.4, -0.2) is 10.2 Å². The van der Waals surface area contributed by atoms with Gasteiger partial charge in [0.15, 0.2) is 0 Å². The molecule has 2 heteroatoms. The molecule has 2 atom stereocenters. The Balaban J connectivity index is 2.46. The molecule has 0 spiro atoms. The molecule has 0 heterocycles. The molecule has 2 nitrogen and oxygen atoms in total. The maximum atomic E-state index is 9.92. The molecule has 0 saturated heterocycles. The monoisotopic (exact) mass is 230 g/mol. The molecule has 0 fully saturated rings. The highest BCUT2D eigenvalue weighted by molar-refractivity contribution is 5.48. The van der Waals surface area contributed by atoms with Gasteiger partial charge in [0.1, 0.15) is 11.5 Å². The molecule has 0 radical (unpaired) electrons. The van der Waals surface area contributed by atoms with Crippen LogP contribution in [0.4, 0.5) is 0 Å². The fraction of sp³-hybridized carbons (Fsp3) is 0.333. The number of benzene rings is 1. The van der Waals surface area contributed by atoms with E-state index in [0.29, 0.717) is 11.5 Å². The van der Waals surface area contributed by atoms with Crippen molar-refractivity contribution in [3.63, 3.8) is 0 Å². The number of allylic oxidation sites excluding steroid dienone is 3.